The van der Waals surface area contributed by atoms with Crippen LogP contribution in [0.15, 0.2) is 0 Å². The minimum Gasteiger partial charge on any atom is -0.301 e. The SMILES string of the molecule is CC(=O)CC1CCN(C(C)C)CC1. The van der Waals surface area contributed by atoms with Gasteiger partial charge in [-0.1, -0.05) is 0 Å². The van der Waals surface area contributed by atoms with E-state index in [0.29, 0.717) is 17.7 Å². The zero-order valence-corrected chi connectivity index (χ0v) is 9.05. The lowest BCUT2D eigenvalue weighted by Crippen LogP contribution is -2.38. The first kappa shape index (κ1) is 10.7. The van der Waals surface area contributed by atoms with Gasteiger partial charge in [-0.2, -0.15) is 0 Å². The van der Waals surface area contributed by atoms with E-state index in [0.717, 1.165) is 6.42 Å². The number of ketones is 1. The molecule has 1 heterocycles. The molecule has 0 aromatic rings. The third-order valence-corrected chi connectivity index (χ3v) is 2.96. The molecule has 1 saturated heterocycles. The third kappa shape index (κ3) is 3.47. The first-order valence-electron chi connectivity index (χ1n) is 5.33. The van der Waals surface area contributed by atoms with Gasteiger partial charge in [0.25, 0.3) is 0 Å². The maximum absolute atomic E-state index is 10.9. The number of nitrogens with zero attached hydrogens (tertiary/aromatic N) is 1. The average Bonchev–Trinajstić information content (AvgIpc) is 2.04. The van der Waals surface area contributed by atoms with Crippen LogP contribution in [0.4, 0.5) is 0 Å². The summed E-state index contributed by atoms with van der Waals surface area (Å²) in [5.74, 6) is 1.01. The van der Waals surface area contributed by atoms with Crippen LogP contribution in [0.25, 0.3) is 0 Å². The molecule has 0 aliphatic carbocycles. The Labute approximate surface area is 81.3 Å². The van der Waals surface area contributed by atoms with Crippen LogP contribution in [-0.4, -0.2) is 29.8 Å². The Morgan fingerprint density at radius 3 is 2.31 bits per heavy atom. The van der Waals surface area contributed by atoms with E-state index in [1.807, 2.05) is 0 Å². The minimum absolute atomic E-state index is 0.350. The summed E-state index contributed by atoms with van der Waals surface area (Å²) in [5, 5.41) is 0. The summed E-state index contributed by atoms with van der Waals surface area (Å²) in [6.07, 6.45) is 3.21. The van der Waals surface area contributed by atoms with Crippen LogP contribution in [0.5, 0.6) is 0 Å². The molecule has 0 atom stereocenters. The van der Waals surface area contributed by atoms with Gasteiger partial charge in [0.1, 0.15) is 5.78 Å². The number of Topliss-reactive ketones (excluding diaryl/α,β-unsaturated/α-hetero) is 1. The molecule has 0 aromatic heterocycles. The van der Waals surface area contributed by atoms with Crippen molar-refractivity contribution in [2.24, 2.45) is 5.92 Å². The van der Waals surface area contributed by atoms with Crippen LogP contribution in [0.2, 0.25) is 0 Å². The van der Waals surface area contributed by atoms with E-state index in [2.05, 4.69) is 18.7 Å². The summed E-state index contributed by atoms with van der Waals surface area (Å²) in [7, 11) is 0. The van der Waals surface area contributed by atoms with Crippen molar-refractivity contribution < 1.29 is 4.79 Å². The summed E-state index contributed by atoms with van der Waals surface area (Å²) in [6, 6.07) is 0.665. The molecule has 0 unspecified atom stereocenters. The van der Waals surface area contributed by atoms with Gasteiger partial charge in [0.2, 0.25) is 0 Å². The molecular formula is C11H21NO. The van der Waals surface area contributed by atoms with Gasteiger partial charge in [0.05, 0.1) is 0 Å². The number of piperidine rings is 1. The fourth-order valence-electron chi connectivity index (χ4n) is 2.08. The molecule has 0 amide bonds. The Hall–Kier alpha value is -0.370. The highest BCUT2D eigenvalue weighted by Gasteiger charge is 2.21. The normalized spacial score (nSPS) is 20.9. The molecular weight excluding hydrogens is 162 g/mol. The number of likely N-dealkylation sites (tertiary alicyclic amines) is 1. The minimum atomic E-state index is 0.350. The number of carbonyl (C=O) groups is 1. The van der Waals surface area contributed by atoms with Crippen molar-refractivity contribution in [2.45, 2.75) is 46.1 Å². The first-order valence-corrected chi connectivity index (χ1v) is 5.33. The fraction of sp³-hybridized carbons (Fsp3) is 0.909. The van der Waals surface area contributed by atoms with Gasteiger partial charge in [0.15, 0.2) is 0 Å². The summed E-state index contributed by atoms with van der Waals surface area (Å²) >= 11 is 0. The maximum Gasteiger partial charge on any atom is 0.130 e. The Morgan fingerprint density at radius 2 is 1.92 bits per heavy atom. The molecule has 1 rings (SSSR count). The Morgan fingerprint density at radius 1 is 1.38 bits per heavy atom. The van der Waals surface area contributed by atoms with Crippen molar-refractivity contribution in [1.82, 2.24) is 4.90 Å². The monoisotopic (exact) mass is 183 g/mol. The zero-order valence-electron chi connectivity index (χ0n) is 9.05. The summed E-state index contributed by atoms with van der Waals surface area (Å²) in [4.78, 5) is 13.4. The number of hydrogen-bond acceptors (Lipinski definition) is 2. The first-order chi connectivity index (χ1) is 6.09. The van der Waals surface area contributed by atoms with Gasteiger partial charge in [-0.05, 0) is 52.6 Å². The quantitative estimate of drug-likeness (QED) is 0.667. The van der Waals surface area contributed by atoms with Crippen molar-refractivity contribution in [3.8, 4) is 0 Å². The molecule has 13 heavy (non-hydrogen) atoms. The number of carbonyl (C=O) groups excluding carboxylic acids is 1. The van der Waals surface area contributed by atoms with Gasteiger partial charge in [-0.15, -0.1) is 0 Å². The molecule has 1 fully saturated rings. The fourth-order valence-corrected chi connectivity index (χ4v) is 2.08. The summed E-state index contributed by atoms with van der Waals surface area (Å²) < 4.78 is 0. The lowest BCUT2D eigenvalue weighted by Gasteiger charge is -2.34. The smallest absolute Gasteiger partial charge is 0.130 e. The van der Waals surface area contributed by atoms with E-state index in [1.165, 1.54) is 25.9 Å². The predicted molar refractivity (Wildman–Crippen MR) is 54.7 cm³/mol. The van der Waals surface area contributed by atoms with Crippen molar-refractivity contribution in [3.05, 3.63) is 0 Å². The summed E-state index contributed by atoms with van der Waals surface area (Å²) in [6.45, 7) is 8.54. The predicted octanol–water partition coefficient (Wildman–Crippen LogP) is 2.09. The van der Waals surface area contributed by atoms with Gasteiger partial charge < -0.3 is 9.69 Å². The van der Waals surface area contributed by atoms with Crippen molar-refractivity contribution >= 4 is 5.78 Å². The number of rotatable bonds is 3. The van der Waals surface area contributed by atoms with Crippen LogP contribution in [0.1, 0.15) is 40.0 Å². The van der Waals surface area contributed by atoms with Gasteiger partial charge in [-0.3, -0.25) is 0 Å². The molecule has 0 saturated carbocycles. The maximum atomic E-state index is 10.9. The number of hydrogen-bond donors (Lipinski definition) is 0. The van der Waals surface area contributed by atoms with Crippen LogP contribution >= 0.6 is 0 Å². The van der Waals surface area contributed by atoms with Crippen LogP contribution in [0.3, 0.4) is 0 Å². The highest BCUT2D eigenvalue weighted by molar-refractivity contribution is 5.75. The lowest BCUT2D eigenvalue weighted by atomic mass is 9.91. The van der Waals surface area contributed by atoms with Crippen molar-refractivity contribution in [1.29, 1.82) is 0 Å². The second-order valence-electron chi connectivity index (χ2n) is 4.48. The molecule has 2 nitrogen and oxygen atoms in total. The Kier molecular flexibility index (Phi) is 3.91. The highest BCUT2D eigenvalue weighted by Crippen LogP contribution is 2.21. The van der Waals surface area contributed by atoms with Gasteiger partial charge in [0, 0.05) is 12.5 Å². The van der Waals surface area contributed by atoms with E-state index in [4.69, 9.17) is 0 Å². The van der Waals surface area contributed by atoms with Crippen molar-refractivity contribution in [3.63, 3.8) is 0 Å². The molecule has 0 bridgehead atoms. The second kappa shape index (κ2) is 4.75. The zero-order chi connectivity index (χ0) is 9.84. The lowest BCUT2D eigenvalue weighted by molar-refractivity contribution is -0.118. The molecule has 0 aromatic carbocycles. The van der Waals surface area contributed by atoms with Gasteiger partial charge in [-0.25, -0.2) is 0 Å². The standard InChI is InChI=1S/C11H21NO/c1-9(2)12-6-4-11(5-7-12)8-10(3)13/h9,11H,4-8H2,1-3H3. The van der Waals surface area contributed by atoms with Crippen LogP contribution in [0, 0.1) is 5.92 Å². The molecule has 2 heteroatoms. The average molecular weight is 183 g/mol. The van der Waals surface area contributed by atoms with E-state index < -0.39 is 0 Å². The third-order valence-electron chi connectivity index (χ3n) is 2.96. The second-order valence-corrected chi connectivity index (χ2v) is 4.48. The van der Waals surface area contributed by atoms with Crippen LogP contribution < -0.4 is 0 Å². The molecule has 0 radical (unpaired) electrons. The molecule has 76 valence electrons. The van der Waals surface area contributed by atoms with Crippen molar-refractivity contribution in [2.75, 3.05) is 13.1 Å². The topological polar surface area (TPSA) is 20.3 Å². The largest absolute Gasteiger partial charge is 0.301 e. The summed E-state index contributed by atoms with van der Waals surface area (Å²) in [5.41, 5.74) is 0. The highest BCUT2D eigenvalue weighted by atomic mass is 16.1. The van der Waals surface area contributed by atoms with Gasteiger partial charge >= 0.3 is 0 Å². The Bertz CT molecular complexity index is 169. The van der Waals surface area contributed by atoms with Crippen LogP contribution in [-0.2, 0) is 4.79 Å². The van der Waals surface area contributed by atoms with E-state index >= 15 is 0 Å². The molecule has 0 spiro atoms. The molecule has 1 aliphatic heterocycles. The van der Waals surface area contributed by atoms with E-state index in [-0.39, 0.29) is 0 Å². The molecule has 1 aliphatic rings. The molecule has 0 N–H and O–H groups in total. The van der Waals surface area contributed by atoms with E-state index in [9.17, 15) is 4.79 Å². The Balaban J connectivity index is 2.26. The van der Waals surface area contributed by atoms with E-state index in [1.54, 1.807) is 6.92 Å².